The van der Waals surface area contributed by atoms with E-state index in [9.17, 15) is 0 Å². The molecule has 68 valence electrons. The van der Waals surface area contributed by atoms with Crippen LogP contribution in [0, 0.1) is 11.3 Å². The average Bonchev–Trinajstić information content (AvgIpc) is 2.23. The summed E-state index contributed by atoms with van der Waals surface area (Å²) in [6.45, 7) is 0. The largest absolute Gasteiger partial charge is 0.253 e. The fourth-order valence-corrected chi connectivity index (χ4v) is 1.52. The topological polar surface area (TPSA) is 49.6 Å². The Labute approximate surface area is 86.0 Å². The first-order valence-electron chi connectivity index (χ1n) is 4.08. The molecule has 2 aromatic rings. The first kappa shape index (κ1) is 8.92. The lowest BCUT2D eigenvalue weighted by Gasteiger charge is -2.02. The van der Waals surface area contributed by atoms with Crippen LogP contribution < -0.4 is 0 Å². The Bertz CT molecular complexity index is 516. The van der Waals surface area contributed by atoms with E-state index < -0.39 is 0 Å². The number of aromatic nitrogens is 2. The number of pyridine rings is 2. The van der Waals surface area contributed by atoms with E-state index in [1.807, 2.05) is 12.1 Å². The van der Waals surface area contributed by atoms with Crippen molar-refractivity contribution in [3.63, 3.8) is 0 Å². The zero-order chi connectivity index (χ0) is 9.97. The third kappa shape index (κ3) is 1.40. The zero-order valence-corrected chi connectivity index (χ0v) is 7.99. The average molecular weight is 204 g/mol. The molecule has 0 N–H and O–H groups in total. The molecule has 0 unspecified atom stereocenters. The van der Waals surface area contributed by atoms with Gasteiger partial charge in [0.15, 0.2) is 5.15 Å². The second-order valence-corrected chi connectivity index (χ2v) is 3.17. The minimum atomic E-state index is 0.326. The van der Waals surface area contributed by atoms with Crippen LogP contribution in [-0.2, 0) is 6.42 Å². The van der Waals surface area contributed by atoms with Crippen LogP contribution >= 0.6 is 11.6 Å². The molecule has 0 aromatic carbocycles. The van der Waals surface area contributed by atoms with E-state index >= 15 is 0 Å². The van der Waals surface area contributed by atoms with Crippen molar-refractivity contribution in [2.24, 2.45) is 0 Å². The lowest BCUT2D eigenvalue weighted by molar-refractivity contribution is 1.21. The minimum absolute atomic E-state index is 0.326. The summed E-state index contributed by atoms with van der Waals surface area (Å²) < 4.78 is 0. The van der Waals surface area contributed by atoms with E-state index in [1.54, 1.807) is 12.4 Å². The quantitative estimate of drug-likeness (QED) is 0.669. The Morgan fingerprint density at radius 1 is 1.43 bits per heavy atom. The number of hydrogen-bond acceptors (Lipinski definition) is 3. The second-order valence-electron chi connectivity index (χ2n) is 2.81. The Morgan fingerprint density at radius 3 is 3.07 bits per heavy atom. The van der Waals surface area contributed by atoms with E-state index in [0.29, 0.717) is 17.1 Å². The van der Waals surface area contributed by atoms with Gasteiger partial charge in [0, 0.05) is 17.8 Å². The van der Waals surface area contributed by atoms with Gasteiger partial charge in [-0.05, 0) is 11.6 Å². The summed E-state index contributed by atoms with van der Waals surface area (Å²) >= 11 is 5.87. The Hall–Kier alpha value is -1.66. The summed E-state index contributed by atoms with van der Waals surface area (Å²) in [5.41, 5.74) is 1.52. The fourth-order valence-electron chi connectivity index (χ4n) is 1.32. The van der Waals surface area contributed by atoms with Crippen molar-refractivity contribution in [3.8, 4) is 6.07 Å². The molecule has 0 amide bonds. The molecule has 0 atom stereocenters. The summed E-state index contributed by atoms with van der Waals surface area (Å²) in [5.74, 6) is 0. The van der Waals surface area contributed by atoms with Crippen LogP contribution in [0.25, 0.3) is 10.9 Å². The normalized spacial score (nSPS) is 10.0. The standard InChI is InChI=1S/C10H6ClN3/c11-10-9-8(2-1-5-13-9)7(3-4-12)6-14-10/h1-2,5-6H,3H2. The molecule has 0 radical (unpaired) electrons. The molecule has 14 heavy (non-hydrogen) atoms. The molecule has 4 heteroatoms. The van der Waals surface area contributed by atoms with Crippen LogP contribution in [0.15, 0.2) is 24.5 Å². The van der Waals surface area contributed by atoms with Gasteiger partial charge in [0.2, 0.25) is 0 Å². The van der Waals surface area contributed by atoms with E-state index in [2.05, 4.69) is 16.0 Å². The van der Waals surface area contributed by atoms with Gasteiger partial charge in [0.25, 0.3) is 0 Å². The molecule has 0 saturated carbocycles. The minimum Gasteiger partial charge on any atom is -0.253 e. The van der Waals surface area contributed by atoms with Gasteiger partial charge in [-0.25, -0.2) is 4.98 Å². The van der Waals surface area contributed by atoms with Crippen molar-refractivity contribution >= 4 is 22.5 Å². The van der Waals surface area contributed by atoms with E-state index in [0.717, 1.165) is 10.9 Å². The van der Waals surface area contributed by atoms with Gasteiger partial charge in [0.1, 0.15) is 5.52 Å². The predicted octanol–water partition coefficient (Wildman–Crippen LogP) is 2.35. The number of nitrogens with zero attached hydrogens (tertiary/aromatic N) is 3. The monoisotopic (exact) mass is 203 g/mol. The van der Waals surface area contributed by atoms with Crippen LogP contribution in [0.2, 0.25) is 5.15 Å². The fraction of sp³-hybridized carbons (Fsp3) is 0.100. The second kappa shape index (κ2) is 3.60. The third-order valence-electron chi connectivity index (χ3n) is 1.95. The Kier molecular flexibility index (Phi) is 2.30. The van der Waals surface area contributed by atoms with Crippen LogP contribution in [0.1, 0.15) is 5.56 Å². The number of hydrogen-bond donors (Lipinski definition) is 0. The molecule has 0 spiro atoms. The summed E-state index contributed by atoms with van der Waals surface area (Å²) in [6.07, 6.45) is 3.61. The zero-order valence-electron chi connectivity index (χ0n) is 7.24. The summed E-state index contributed by atoms with van der Waals surface area (Å²) in [7, 11) is 0. The molecule has 0 saturated heterocycles. The highest BCUT2D eigenvalue weighted by Gasteiger charge is 2.05. The Morgan fingerprint density at radius 2 is 2.29 bits per heavy atom. The summed E-state index contributed by atoms with van der Waals surface area (Å²) in [6, 6.07) is 5.80. The van der Waals surface area contributed by atoms with Gasteiger partial charge < -0.3 is 0 Å². The van der Waals surface area contributed by atoms with Crippen molar-refractivity contribution < 1.29 is 0 Å². The van der Waals surface area contributed by atoms with Crippen molar-refractivity contribution in [2.45, 2.75) is 6.42 Å². The van der Waals surface area contributed by atoms with Crippen molar-refractivity contribution in [1.82, 2.24) is 9.97 Å². The predicted molar refractivity (Wildman–Crippen MR) is 53.9 cm³/mol. The molecular weight excluding hydrogens is 198 g/mol. The maximum absolute atomic E-state index is 8.62. The maximum Gasteiger partial charge on any atom is 0.155 e. The molecule has 0 aliphatic heterocycles. The lowest BCUT2D eigenvalue weighted by Crippen LogP contribution is -1.90. The van der Waals surface area contributed by atoms with Crippen LogP contribution in [0.3, 0.4) is 0 Å². The molecule has 0 bridgehead atoms. The number of nitriles is 1. The lowest BCUT2D eigenvalue weighted by atomic mass is 10.1. The van der Waals surface area contributed by atoms with Crippen LogP contribution in [-0.4, -0.2) is 9.97 Å². The van der Waals surface area contributed by atoms with Gasteiger partial charge >= 0.3 is 0 Å². The van der Waals surface area contributed by atoms with Crippen LogP contribution in [0.5, 0.6) is 0 Å². The van der Waals surface area contributed by atoms with Gasteiger partial charge in [-0.2, -0.15) is 5.26 Å². The first-order valence-corrected chi connectivity index (χ1v) is 4.46. The molecule has 0 fully saturated rings. The van der Waals surface area contributed by atoms with Crippen molar-refractivity contribution in [2.75, 3.05) is 0 Å². The van der Waals surface area contributed by atoms with Gasteiger partial charge in [-0.1, -0.05) is 17.7 Å². The van der Waals surface area contributed by atoms with Crippen molar-refractivity contribution in [3.05, 3.63) is 35.2 Å². The summed E-state index contributed by atoms with van der Waals surface area (Å²) in [4.78, 5) is 8.10. The molecular formula is C10H6ClN3. The molecule has 2 rings (SSSR count). The molecule has 3 nitrogen and oxygen atoms in total. The highest BCUT2D eigenvalue weighted by Crippen LogP contribution is 2.21. The molecule has 0 aliphatic rings. The smallest absolute Gasteiger partial charge is 0.155 e. The maximum atomic E-state index is 8.62. The van der Waals surface area contributed by atoms with Gasteiger partial charge in [-0.3, -0.25) is 4.98 Å². The van der Waals surface area contributed by atoms with E-state index in [-0.39, 0.29) is 0 Å². The number of fused-ring (bicyclic) bond motifs is 1. The highest BCUT2D eigenvalue weighted by molar-refractivity contribution is 6.33. The Balaban J connectivity index is 2.76. The van der Waals surface area contributed by atoms with E-state index in [4.69, 9.17) is 16.9 Å². The number of halogens is 1. The molecule has 2 aromatic heterocycles. The third-order valence-corrected chi connectivity index (χ3v) is 2.23. The van der Waals surface area contributed by atoms with Gasteiger partial charge in [-0.15, -0.1) is 0 Å². The first-order chi connectivity index (χ1) is 6.83. The summed E-state index contributed by atoms with van der Waals surface area (Å²) in [5, 5.41) is 9.89. The number of rotatable bonds is 1. The molecule has 2 heterocycles. The van der Waals surface area contributed by atoms with Gasteiger partial charge in [0.05, 0.1) is 12.5 Å². The van der Waals surface area contributed by atoms with E-state index in [1.165, 1.54) is 0 Å². The highest BCUT2D eigenvalue weighted by atomic mass is 35.5. The van der Waals surface area contributed by atoms with Crippen molar-refractivity contribution in [1.29, 1.82) is 5.26 Å². The SMILES string of the molecule is N#CCc1cnc(Cl)c2ncccc12. The van der Waals surface area contributed by atoms with Crippen LogP contribution in [0.4, 0.5) is 0 Å². The molecule has 0 aliphatic carbocycles.